The summed E-state index contributed by atoms with van der Waals surface area (Å²) in [6.07, 6.45) is 2.27. The highest BCUT2D eigenvalue weighted by molar-refractivity contribution is 5.98. The predicted octanol–water partition coefficient (Wildman–Crippen LogP) is 2.60. The van der Waals surface area contributed by atoms with Crippen molar-refractivity contribution in [1.82, 2.24) is 9.80 Å². The van der Waals surface area contributed by atoms with Gasteiger partial charge in [-0.15, -0.1) is 0 Å². The summed E-state index contributed by atoms with van der Waals surface area (Å²) in [4.78, 5) is 19.7. The monoisotopic (exact) mass is 401 g/mol. The van der Waals surface area contributed by atoms with Crippen LogP contribution in [0.2, 0.25) is 0 Å². The zero-order valence-electron chi connectivity index (χ0n) is 17.9. The Hall–Kier alpha value is -2.12. The fourth-order valence-electron chi connectivity index (χ4n) is 4.47. The normalized spacial score (nSPS) is 21.8. The van der Waals surface area contributed by atoms with E-state index in [1.165, 1.54) is 0 Å². The molecule has 3 N–H and O–H groups in total. The summed E-state index contributed by atoms with van der Waals surface area (Å²) in [5, 5.41) is 7.70. The molecule has 0 radical (unpaired) electrons. The van der Waals surface area contributed by atoms with E-state index < -0.39 is 0 Å². The summed E-state index contributed by atoms with van der Waals surface area (Å²) in [5.41, 5.74) is 7.08. The second-order valence-corrected chi connectivity index (χ2v) is 8.66. The first-order chi connectivity index (χ1) is 13.9. The summed E-state index contributed by atoms with van der Waals surface area (Å²) < 4.78 is 5.42. The topological polar surface area (TPSA) is 85.9 Å². The van der Waals surface area contributed by atoms with Crippen molar-refractivity contribution in [2.45, 2.75) is 32.7 Å². The van der Waals surface area contributed by atoms with Crippen LogP contribution in [0.15, 0.2) is 24.3 Å². The number of amidine groups is 1. The average molecular weight is 402 g/mol. The Balaban J connectivity index is 1.73. The molecule has 0 aliphatic carbocycles. The molecule has 2 fully saturated rings. The van der Waals surface area contributed by atoms with E-state index in [9.17, 15) is 4.79 Å². The molecule has 2 heterocycles. The van der Waals surface area contributed by atoms with Crippen LogP contribution in [0.5, 0.6) is 0 Å². The van der Waals surface area contributed by atoms with Crippen LogP contribution < -0.4 is 10.6 Å². The summed E-state index contributed by atoms with van der Waals surface area (Å²) in [7, 11) is 1.71. The lowest BCUT2D eigenvalue weighted by molar-refractivity contribution is 0.0942. The lowest BCUT2D eigenvalue weighted by Crippen LogP contribution is -2.56. The fourth-order valence-corrected chi connectivity index (χ4v) is 4.47. The number of likely N-dealkylation sites (tertiary alicyclic amines) is 1. The van der Waals surface area contributed by atoms with Crippen molar-refractivity contribution in [3.63, 3.8) is 0 Å². The first-order valence-corrected chi connectivity index (χ1v) is 10.6. The number of carbonyl (C=O) groups is 1. The Kier molecular flexibility index (Phi) is 7.14. The Morgan fingerprint density at radius 1 is 1.24 bits per heavy atom. The Labute approximate surface area is 174 Å². The van der Waals surface area contributed by atoms with Crippen LogP contribution in [0.3, 0.4) is 0 Å². The van der Waals surface area contributed by atoms with E-state index in [0.717, 1.165) is 44.7 Å². The minimum absolute atomic E-state index is 0.0125. The first kappa shape index (κ1) is 21.6. The van der Waals surface area contributed by atoms with Gasteiger partial charge < -0.3 is 20.3 Å². The number of anilines is 1. The van der Waals surface area contributed by atoms with Gasteiger partial charge in [-0.25, -0.2) is 4.79 Å². The number of hydrogen-bond donors (Lipinski definition) is 2. The van der Waals surface area contributed by atoms with Gasteiger partial charge in [-0.3, -0.25) is 10.3 Å². The molecule has 0 saturated carbocycles. The van der Waals surface area contributed by atoms with Crippen LogP contribution in [0.4, 0.5) is 10.5 Å². The average Bonchev–Trinajstić information content (AvgIpc) is 2.71. The van der Waals surface area contributed by atoms with Gasteiger partial charge in [-0.1, -0.05) is 12.1 Å². The third kappa shape index (κ3) is 5.28. The predicted molar refractivity (Wildman–Crippen MR) is 117 cm³/mol. The highest BCUT2D eigenvalue weighted by Gasteiger charge is 2.34. The number of nitrogen functional groups attached to an aromatic ring is 1. The van der Waals surface area contributed by atoms with E-state index >= 15 is 0 Å². The minimum Gasteiger partial charge on any atom is -0.384 e. The molecule has 1 atom stereocenters. The number of hydrogen-bond acceptors (Lipinski definition) is 4. The first-order valence-electron chi connectivity index (χ1n) is 10.6. The molecule has 0 spiro atoms. The van der Waals surface area contributed by atoms with Crippen molar-refractivity contribution in [2.24, 2.45) is 17.6 Å². The largest absolute Gasteiger partial charge is 0.384 e. The molecule has 29 heavy (non-hydrogen) atoms. The number of nitrogens with two attached hydrogens (primary N) is 1. The van der Waals surface area contributed by atoms with Crippen molar-refractivity contribution in [3.8, 4) is 0 Å². The van der Waals surface area contributed by atoms with E-state index in [0.29, 0.717) is 30.7 Å². The zero-order valence-corrected chi connectivity index (χ0v) is 17.9. The van der Waals surface area contributed by atoms with Crippen LogP contribution in [0.1, 0.15) is 32.3 Å². The maximum absolute atomic E-state index is 13.3. The number of methoxy groups -OCH3 is 1. The minimum atomic E-state index is 0.0125. The third-order valence-corrected chi connectivity index (χ3v) is 6.15. The lowest BCUT2D eigenvalue weighted by Gasteiger charge is -2.43. The van der Waals surface area contributed by atoms with Crippen LogP contribution in [0.25, 0.3) is 0 Å². The molecule has 0 bridgehead atoms. The molecule has 2 amide bonds. The van der Waals surface area contributed by atoms with Gasteiger partial charge in [0.05, 0.1) is 6.61 Å². The molecular weight excluding hydrogens is 366 g/mol. The highest BCUT2D eigenvalue weighted by atomic mass is 16.5. The number of rotatable bonds is 7. The van der Waals surface area contributed by atoms with Crippen LogP contribution >= 0.6 is 0 Å². The quantitative estimate of drug-likeness (QED) is 0.543. The van der Waals surface area contributed by atoms with Gasteiger partial charge in [0.2, 0.25) is 0 Å². The number of benzene rings is 1. The van der Waals surface area contributed by atoms with Gasteiger partial charge in [0.15, 0.2) is 0 Å². The summed E-state index contributed by atoms with van der Waals surface area (Å²) in [6, 6.07) is 8.03. The van der Waals surface area contributed by atoms with E-state index in [4.69, 9.17) is 15.9 Å². The Morgan fingerprint density at radius 2 is 1.97 bits per heavy atom. The number of piperidine rings is 1. The SMILES string of the molecule is COCC1CN(CC2CCN(C(C)C)CC2)C(=O)N(c2cccc(C(=N)N)c2)C1. The fraction of sp³-hybridized carbons (Fsp3) is 0.636. The zero-order chi connectivity index (χ0) is 21.0. The van der Waals surface area contributed by atoms with Crippen molar-refractivity contribution in [2.75, 3.05) is 51.3 Å². The number of amides is 2. The lowest BCUT2D eigenvalue weighted by atomic mass is 9.94. The maximum Gasteiger partial charge on any atom is 0.324 e. The number of carbonyl (C=O) groups excluding carboxylic acids is 1. The molecule has 7 nitrogen and oxygen atoms in total. The Morgan fingerprint density at radius 3 is 2.59 bits per heavy atom. The second kappa shape index (κ2) is 9.59. The van der Waals surface area contributed by atoms with E-state index in [2.05, 4.69) is 18.7 Å². The van der Waals surface area contributed by atoms with Crippen LogP contribution in [-0.2, 0) is 4.74 Å². The second-order valence-electron chi connectivity index (χ2n) is 8.66. The van der Waals surface area contributed by atoms with E-state index in [1.54, 1.807) is 13.2 Å². The van der Waals surface area contributed by atoms with Crippen molar-refractivity contribution >= 4 is 17.6 Å². The molecule has 1 aromatic rings. The molecule has 7 heteroatoms. The van der Waals surface area contributed by atoms with Gasteiger partial charge >= 0.3 is 6.03 Å². The highest BCUT2D eigenvalue weighted by Crippen LogP contribution is 2.27. The van der Waals surface area contributed by atoms with Gasteiger partial charge in [0.25, 0.3) is 0 Å². The van der Waals surface area contributed by atoms with Crippen molar-refractivity contribution in [3.05, 3.63) is 29.8 Å². The van der Waals surface area contributed by atoms with Gasteiger partial charge in [0.1, 0.15) is 5.84 Å². The molecular formula is C22H35N5O2. The molecule has 2 aliphatic rings. The van der Waals surface area contributed by atoms with Gasteiger partial charge in [-0.05, 0) is 57.8 Å². The maximum atomic E-state index is 13.3. The van der Waals surface area contributed by atoms with E-state index in [-0.39, 0.29) is 17.8 Å². The molecule has 1 unspecified atom stereocenters. The van der Waals surface area contributed by atoms with Crippen LogP contribution in [0, 0.1) is 17.2 Å². The van der Waals surface area contributed by atoms with E-state index in [1.807, 2.05) is 28.0 Å². The molecule has 2 saturated heterocycles. The summed E-state index contributed by atoms with van der Waals surface area (Å²) in [6.45, 7) is 9.49. The molecule has 160 valence electrons. The number of nitrogens with one attached hydrogen (secondary N) is 1. The molecule has 0 aromatic heterocycles. The molecule has 1 aromatic carbocycles. The van der Waals surface area contributed by atoms with Crippen LogP contribution in [-0.4, -0.2) is 74.1 Å². The molecule has 2 aliphatic heterocycles. The number of urea groups is 1. The van der Waals surface area contributed by atoms with Gasteiger partial charge in [-0.2, -0.15) is 0 Å². The third-order valence-electron chi connectivity index (χ3n) is 6.15. The summed E-state index contributed by atoms with van der Waals surface area (Å²) >= 11 is 0. The summed E-state index contributed by atoms with van der Waals surface area (Å²) in [5.74, 6) is 0.814. The standard InChI is InChI=1S/C22H35N5O2/c1-16(2)25-9-7-17(8-10-25)12-26-13-18(15-29-3)14-27(22(26)28)20-6-4-5-19(11-20)21(23)24/h4-6,11,16-18H,7-10,12-15H2,1-3H3,(H3,23,24). The number of nitrogens with zero attached hydrogens (tertiary/aromatic N) is 3. The smallest absolute Gasteiger partial charge is 0.324 e. The van der Waals surface area contributed by atoms with Crippen molar-refractivity contribution < 1.29 is 9.53 Å². The molecule has 3 rings (SSSR count). The van der Waals surface area contributed by atoms with Gasteiger partial charge in [0, 0.05) is 50.0 Å². The number of ether oxygens (including phenoxy) is 1. The Bertz CT molecular complexity index is 715. The van der Waals surface area contributed by atoms with Crippen molar-refractivity contribution in [1.29, 1.82) is 5.41 Å².